The van der Waals surface area contributed by atoms with Crippen molar-refractivity contribution >= 4 is 73.9 Å². The number of hydrogen-bond donors (Lipinski definition) is 1. The summed E-state index contributed by atoms with van der Waals surface area (Å²) in [5, 5.41) is 3.99. The summed E-state index contributed by atoms with van der Waals surface area (Å²) in [6.07, 6.45) is 1.44. The minimum Gasteiger partial charge on any atom is -0.357 e. The van der Waals surface area contributed by atoms with Gasteiger partial charge in [0.15, 0.2) is 0 Å². The van der Waals surface area contributed by atoms with Crippen molar-refractivity contribution in [3.63, 3.8) is 0 Å². The number of benzene rings is 3. The van der Waals surface area contributed by atoms with Crippen LogP contribution in [-0.2, 0) is 32.6 Å². The van der Waals surface area contributed by atoms with Crippen LogP contribution >= 0.6 is 46.4 Å². The molecule has 0 aromatic heterocycles. The number of rotatable bonds is 12. The van der Waals surface area contributed by atoms with Gasteiger partial charge in [-0.3, -0.25) is 13.9 Å². The van der Waals surface area contributed by atoms with Gasteiger partial charge in [0.1, 0.15) is 6.04 Å². The molecule has 0 spiro atoms. The van der Waals surface area contributed by atoms with E-state index in [0.717, 1.165) is 16.1 Å². The molecule has 3 aromatic carbocycles. The normalized spacial score (nSPS) is 12.1. The molecule has 0 radical (unpaired) electrons. The van der Waals surface area contributed by atoms with Crippen LogP contribution in [0.3, 0.4) is 0 Å². The fourth-order valence-electron chi connectivity index (χ4n) is 4.21. The van der Waals surface area contributed by atoms with Gasteiger partial charge in [0.25, 0.3) is 0 Å². The summed E-state index contributed by atoms with van der Waals surface area (Å²) in [7, 11) is -2.23. The molecule has 3 aromatic rings. The van der Waals surface area contributed by atoms with Gasteiger partial charge in [-0.05, 0) is 47.9 Å². The third kappa shape index (κ3) is 8.75. The van der Waals surface area contributed by atoms with E-state index in [1.165, 1.54) is 24.1 Å². The summed E-state index contributed by atoms with van der Waals surface area (Å²) in [5.41, 5.74) is 1.71. The first-order chi connectivity index (χ1) is 18.9. The van der Waals surface area contributed by atoms with Gasteiger partial charge in [0.05, 0.1) is 17.0 Å². The lowest BCUT2D eigenvalue weighted by atomic mass is 10.0. The number of nitrogens with one attached hydrogen (secondary N) is 1. The van der Waals surface area contributed by atoms with E-state index in [-0.39, 0.29) is 54.9 Å². The van der Waals surface area contributed by atoms with Gasteiger partial charge in [0.2, 0.25) is 21.8 Å². The lowest BCUT2D eigenvalue weighted by molar-refractivity contribution is -0.141. The topological polar surface area (TPSA) is 86.8 Å². The highest BCUT2D eigenvalue weighted by Crippen LogP contribution is 2.31. The van der Waals surface area contributed by atoms with E-state index in [2.05, 4.69) is 5.32 Å². The highest BCUT2D eigenvalue weighted by atomic mass is 35.5. The first kappa shape index (κ1) is 32.0. The minimum absolute atomic E-state index is 0.0243. The molecule has 7 nitrogen and oxygen atoms in total. The van der Waals surface area contributed by atoms with E-state index in [0.29, 0.717) is 20.6 Å². The molecule has 1 N–H and O–H groups in total. The summed E-state index contributed by atoms with van der Waals surface area (Å²) >= 11 is 24.8. The van der Waals surface area contributed by atoms with Crippen LogP contribution < -0.4 is 9.62 Å². The van der Waals surface area contributed by atoms with Crippen LogP contribution in [0.15, 0.2) is 66.7 Å². The number of amides is 2. The van der Waals surface area contributed by atoms with Crippen LogP contribution in [0.25, 0.3) is 0 Å². The van der Waals surface area contributed by atoms with E-state index in [4.69, 9.17) is 46.4 Å². The van der Waals surface area contributed by atoms with Crippen molar-refractivity contribution in [2.45, 2.75) is 31.8 Å². The van der Waals surface area contributed by atoms with E-state index in [1.54, 1.807) is 24.3 Å². The van der Waals surface area contributed by atoms with Gasteiger partial charge in [0, 0.05) is 48.0 Å². The second-order valence-electron chi connectivity index (χ2n) is 9.11. The average Bonchev–Trinajstić information content (AvgIpc) is 2.90. The van der Waals surface area contributed by atoms with Crippen molar-refractivity contribution in [3.05, 3.63) is 97.9 Å². The van der Waals surface area contributed by atoms with Crippen LogP contribution in [-0.4, -0.2) is 51.0 Å². The Morgan fingerprint density at radius 3 is 2.17 bits per heavy atom. The largest absolute Gasteiger partial charge is 0.357 e. The quantitative estimate of drug-likeness (QED) is 0.253. The van der Waals surface area contributed by atoms with Crippen LogP contribution in [0.2, 0.25) is 20.1 Å². The van der Waals surface area contributed by atoms with Crippen LogP contribution in [0.5, 0.6) is 0 Å². The number of nitrogens with zero attached hydrogens (tertiary/aromatic N) is 2. The molecule has 0 aliphatic rings. The molecule has 0 saturated carbocycles. The Kier molecular flexibility index (Phi) is 11.5. The van der Waals surface area contributed by atoms with Gasteiger partial charge in [-0.1, -0.05) is 82.8 Å². The van der Waals surface area contributed by atoms with Crippen molar-refractivity contribution in [1.29, 1.82) is 0 Å². The van der Waals surface area contributed by atoms with Gasteiger partial charge in [-0.15, -0.1) is 0 Å². The van der Waals surface area contributed by atoms with Gasteiger partial charge >= 0.3 is 0 Å². The molecule has 1 atom stereocenters. The summed E-state index contributed by atoms with van der Waals surface area (Å²) < 4.78 is 26.3. The maximum Gasteiger partial charge on any atom is 0.242 e. The predicted octanol–water partition coefficient (Wildman–Crippen LogP) is 6.23. The van der Waals surface area contributed by atoms with Crippen molar-refractivity contribution in [3.8, 4) is 0 Å². The summed E-state index contributed by atoms with van der Waals surface area (Å²) in [4.78, 5) is 28.3. The number of halogens is 4. The van der Waals surface area contributed by atoms with Crippen LogP contribution in [0.1, 0.15) is 24.0 Å². The minimum atomic E-state index is -3.74. The van der Waals surface area contributed by atoms with Crippen molar-refractivity contribution in [2.75, 3.05) is 24.2 Å². The zero-order valence-electron chi connectivity index (χ0n) is 21.9. The Morgan fingerprint density at radius 1 is 0.900 bits per heavy atom. The zero-order chi connectivity index (χ0) is 29.4. The lowest BCUT2D eigenvalue weighted by Gasteiger charge is -2.32. The Balaban J connectivity index is 1.89. The van der Waals surface area contributed by atoms with E-state index < -0.39 is 16.1 Å². The van der Waals surface area contributed by atoms with Crippen LogP contribution in [0, 0.1) is 0 Å². The molecule has 12 heteroatoms. The van der Waals surface area contributed by atoms with E-state index in [9.17, 15) is 18.0 Å². The molecule has 0 bridgehead atoms. The second kappa shape index (κ2) is 14.4. The maximum atomic E-state index is 13.7. The molecular weight excluding hydrogens is 616 g/mol. The Labute approximate surface area is 255 Å². The van der Waals surface area contributed by atoms with E-state index in [1.807, 2.05) is 30.3 Å². The fourth-order valence-corrected chi connectivity index (χ4v) is 6.09. The first-order valence-electron chi connectivity index (χ1n) is 12.3. The number of sulfonamides is 1. The number of hydrogen-bond acceptors (Lipinski definition) is 4. The van der Waals surface area contributed by atoms with Crippen LogP contribution in [0.4, 0.5) is 5.69 Å². The summed E-state index contributed by atoms with van der Waals surface area (Å²) in [6, 6.07) is 18.0. The smallest absolute Gasteiger partial charge is 0.242 e. The number of likely N-dealkylation sites (N-methyl/N-ethyl adjacent to an activating group) is 1. The number of anilines is 1. The highest BCUT2D eigenvalue weighted by molar-refractivity contribution is 7.92. The molecular formula is C28H29Cl4N3O4S. The van der Waals surface area contributed by atoms with Crippen molar-refractivity contribution in [1.82, 2.24) is 10.2 Å². The molecule has 3 rings (SSSR count). The summed E-state index contributed by atoms with van der Waals surface area (Å²) in [6.45, 7) is 0.0270. The predicted molar refractivity (Wildman–Crippen MR) is 163 cm³/mol. The van der Waals surface area contributed by atoms with Gasteiger partial charge in [-0.25, -0.2) is 8.42 Å². The number of carbonyl (C=O) groups excluding carboxylic acids is 2. The SMILES string of the molecule is CNC(=O)[C@@H](Cc1ccccc1)N(Cc1ccc(Cl)cc1Cl)C(=O)CCCN(c1cc(Cl)ccc1Cl)S(C)(=O)=O. The zero-order valence-corrected chi connectivity index (χ0v) is 25.8. The Bertz CT molecular complexity index is 1460. The molecule has 0 fully saturated rings. The van der Waals surface area contributed by atoms with Gasteiger partial charge in [-0.2, -0.15) is 0 Å². The highest BCUT2D eigenvalue weighted by Gasteiger charge is 2.30. The fraction of sp³-hybridized carbons (Fsp3) is 0.286. The van der Waals surface area contributed by atoms with E-state index >= 15 is 0 Å². The average molecular weight is 645 g/mol. The monoisotopic (exact) mass is 643 g/mol. The Morgan fingerprint density at radius 2 is 1.55 bits per heavy atom. The van der Waals surface area contributed by atoms with Crippen molar-refractivity contribution < 1.29 is 18.0 Å². The molecule has 0 heterocycles. The molecule has 0 saturated heterocycles. The lowest BCUT2D eigenvalue weighted by Crippen LogP contribution is -2.49. The number of carbonyl (C=O) groups is 2. The second-order valence-corrected chi connectivity index (χ2v) is 12.7. The molecule has 0 aliphatic carbocycles. The van der Waals surface area contributed by atoms with Crippen molar-refractivity contribution in [2.24, 2.45) is 0 Å². The molecule has 214 valence electrons. The third-order valence-corrected chi connectivity index (χ3v) is 8.52. The Hall–Kier alpha value is -2.49. The molecule has 40 heavy (non-hydrogen) atoms. The summed E-state index contributed by atoms with van der Waals surface area (Å²) in [5.74, 6) is -0.688. The first-order valence-corrected chi connectivity index (χ1v) is 15.7. The molecule has 2 amide bonds. The standard InChI is InChI=1S/C28H29Cl4N3O4S/c1-33-28(37)26(15-19-7-4-3-5-8-19)34(18-20-10-11-21(29)16-24(20)32)27(36)9-6-14-35(40(2,38)39)25-17-22(30)12-13-23(25)31/h3-5,7-8,10-13,16-17,26H,6,9,14-15,18H2,1-2H3,(H,33,37)/t26-/m1/s1. The molecule has 0 unspecified atom stereocenters. The van der Waals surface area contributed by atoms with Gasteiger partial charge < -0.3 is 10.2 Å². The third-order valence-electron chi connectivity index (χ3n) is 6.20. The molecule has 0 aliphatic heterocycles. The maximum absolute atomic E-state index is 13.7.